The van der Waals surface area contributed by atoms with Gasteiger partial charge in [-0.25, -0.2) is 0 Å². The third-order valence-electron chi connectivity index (χ3n) is 7.38. The zero-order valence-corrected chi connectivity index (χ0v) is 28.6. The molecule has 0 saturated carbocycles. The van der Waals surface area contributed by atoms with E-state index in [1.807, 2.05) is 0 Å². The van der Waals surface area contributed by atoms with Crippen LogP contribution in [0.2, 0.25) is 0 Å². The number of para-hydroxylation sites is 4. The first-order valence-electron chi connectivity index (χ1n) is 14.9. The van der Waals surface area contributed by atoms with Gasteiger partial charge in [0.2, 0.25) is 0 Å². The monoisotopic (exact) mass is 738 g/mol. The minimum atomic E-state index is 1.12. The summed E-state index contributed by atoms with van der Waals surface area (Å²) >= 11 is 10.3. The van der Waals surface area contributed by atoms with Crippen molar-refractivity contribution in [2.45, 2.75) is 57.9 Å². The molecule has 2 aromatic heterocycles. The lowest BCUT2D eigenvalue weighted by molar-refractivity contribution is 0.605. The highest BCUT2D eigenvalue weighted by atomic mass is 79.9. The van der Waals surface area contributed by atoms with E-state index in [2.05, 4.69) is 154 Å². The molecule has 2 heterocycles. The van der Waals surface area contributed by atoms with E-state index >= 15 is 0 Å². The quantitative estimate of drug-likeness (QED) is 0.101. The number of aryl methyl sites for hydroxylation is 1. The van der Waals surface area contributed by atoms with Crippen LogP contribution in [0.3, 0.4) is 0 Å². The summed E-state index contributed by atoms with van der Waals surface area (Å²) in [4.78, 5) is 3.38. The Morgan fingerprint density at radius 3 is 1.22 bits per heavy atom. The number of halogens is 3. The van der Waals surface area contributed by atoms with Gasteiger partial charge in [0.1, 0.15) is 0 Å². The van der Waals surface area contributed by atoms with Crippen molar-refractivity contribution in [3.8, 4) is 0 Å². The molecule has 0 spiro atoms. The number of nitrogens with one attached hydrogen (secondary N) is 1. The average molecular weight is 741 g/mol. The molecular weight excluding hydrogens is 700 g/mol. The topological polar surface area (TPSA) is 20.7 Å². The fourth-order valence-electron chi connectivity index (χ4n) is 5.30. The van der Waals surface area contributed by atoms with Crippen molar-refractivity contribution in [1.82, 2.24) is 9.55 Å². The van der Waals surface area contributed by atoms with Crippen molar-refractivity contribution in [2.75, 3.05) is 16.0 Å². The number of hydrogen-bond donors (Lipinski definition) is 1. The van der Waals surface area contributed by atoms with E-state index in [0.29, 0.717) is 0 Å². The normalized spacial score (nSPS) is 11.0. The predicted molar refractivity (Wildman–Crippen MR) is 194 cm³/mol. The van der Waals surface area contributed by atoms with E-state index in [4.69, 9.17) is 0 Å². The summed E-state index contributed by atoms with van der Waals surface area (Å²) in [5.41, 5.74) is 5.16. The summed E-state index contributed by atoms with van der Waals surface area (Å²) < 4.78 is 2.48. The number of aromatic nitrogens is 2. The van der Waals surface area contributed by atoms with Crippen LogP contribution in [0.1, 0.15) is 51.4 Å². The standard InChI is InChI=1S/C18H20BrN.C12H9N.C6H12Br2/c19-13-7-1-2-8-14-20-17-11-5-3-9-15(17)16-10-4-6-12-18(16)20;1-3-7-11-9(5-1)10-6-2-4-8-12(10)13-11;7-5-3-1-2-4-6-8/h3-6,9-12H,1-2,7-8,13-14H2;1-8,13H;1-6H2. The highest BCUT2D eigenvalue weighted by molar-refractivity contribution is 9.09. The lowest BCUT2D eigenvalue weighted by atomic mass is 10.2. The van der Waals surface area contributed by atoms with Crippen molar-refractivity contribution >= 4 is 91.4 Å². The van der Waals surface area contributed by atoms with Gasteiger partial charge in [0, 0.05) is 66.1 Å². The number of alkyl halides is 3. The molecule has 0 radical (unpaired) electrons. The third kappa shape index (κ3) is 8.95. The Hall–Kier alpha value is -2.08. The molecule has 4 aromatic carbocycles. The molecule has 0 amide bonds. The molecular formula is C36H41Br3N2. The maximum atomic E-state index is 3.50. The number of aromatic amines is 1. The molecule has 0 atom stereocenters. The number of H-pyrrole nitrogens is 1. The Labute approximate surface area is 270 Å². The first-order valence-corrected chi connectivity index (χ1v) is 18.2. The van der Waals surface area contributed by atoms with Gasteiger partial charge in [-0.05, 0) is 49.9 Å². The van der Waals surface area contributed by atoms with Crippen LogP contribution in [0.5, 0.6) is 0 Å². The van der Waals surface area contributed by atoms with Gasteiger partial charge in [-0.2, -0.15) is 0 Å². The van der Waals surface area contributed by atoms with E-state index in [0.717, 1.165) is 22.5 Å². The SMILES string of the molecule is BrCCCCCCBr.BrCCCCCCn1c2ccccc2c2ccccc21.c1ccc2c(c1)[nH]c1ccccc12. The molecule has 0 aliphatic carbocycles. The third-order valence-corrected chi connectivity index (χ3v) is 9.06. The average Bonchev–Trinajstić information content (AvgIpc) is 3.56. The van der Waals surface area contributed by atoms with Crippen LogP contribution >= 0.6 is 47.8 Å². The molecule has 0 fully saturated rings. The Morgan fingerprint density at radius 2 is 0.780 bits per heavy atom. The summed E-state index contributed by atoms with van der Waals surface area (Å²) in [6.07, 6.45) is 10.6. The van der Waals surface area contributed by atoms with Crippen molar-refractivity contribution in [3.63, 3.8) is 0 Å². The van der Waals surface area contributed by atoms with E-state index in [1.165, 1.54) is 95.0 Å². The van der Waals surface area contributed by atoms with Crippen LogP contribution in [0.4, 0.5) is 0 Å². The Bertz CT molecular complexity index is 1490. The van der Waals surface area contributed by atoms with Crippen LogP contribution in [0.25, 0.3) is 43.6 Å². The van der Waals surface area contributed by atoms with Gasteiger partial charge in [0.25, 0.3) is 0 Å². The van der Waals surface area contributed by atoms with E-state index in [1.54, 1.807) is 0 Å². The molecule has 0 saturated heterocycles. The van der Waals surface area contributed by atoms with E-state index < -0.39 is 0 Å². The minimum Gasteiger partial charge on any atom is -0.355 e. The fourth-order valence-corrected chi connectivity index (χ4v) is 6.49. The first-order chi connectivity index (χ1) is 20.3. The van der Waals surface area contributed by atoms with Crippen LogP contribution in [0.15, 0.2) is 97.1 Å². The summed E-state index contributed by atoms with van der Waals surface area (Å²) in [5.74, 6) is 0. The maximum Gasteiger partial charge on any atom is 0.0491 e. The summed E-state index contributed by atoms with van der Waals surface area (Å²) in [6.45, 7) is 1.12. The Kier molecular flexibility index (Phi) is 13.8. The zero-order valence-electron chi connectivity index (χ0n) is 23.8. The lowest BCUT2D eigenvalue weighted by Gasteiger charge is -2.07. The van der Waals surface area contributed by atoms with Gasteiger partial charge in [-0.15, -0.1) is 0 Å². The van der Waals surface area contributed by atoms with Gasteiger partial charge < -0.3 is 9.55 Å². The van der Waals surface area contributed by atoms with Crippen LogP contribution < -0.4 is 0 Å². The van der Waals surface area contributed by atoms with Crippen molar-refractivity contribution < 1.29 is 0 Å². The summed E-state index contributed by atoms with van der Waals surface area (Å²) in [7, 11) is 0. The summed E-state index contributed by atoms with van der Waals surface area (Å²) in [6, 6.07) is 34.3. The fraction of sp³-hybridized carbons (Fsp3) is 0.333. The van der Waals surface area contributed by atoms with Crippen molar-refractivity contribution in [2.24, 2.45) is 0 Å². The predicted octanol–water partition coefficient (Wildman–Crippen LogP) is 12.4. The van der Waals surface area contributed by atoms with E-state index in [9.17, 15) is 0 Å². The van der Waals surface area contributed by atoms with Gasteiger partial charge in [0.15, 0.2) is 0 Å². The largest absolute Gasteiger partial charge is 0.355 e. The molecule has 6 aromatic rings. The molecule has 0 bridgehead atoms. The second kappa shape index (κ2) is 17.8. The molecule has 0 aliphatic rings. The van der Waals surface area contributed by atoms with Crippen molar-refractivity contribution in [1.29, 1.82) is 0 Å². The number of rotatable bonds is 11. The Morgan fingerprint density at radius 1 is 0.415 bits per heavy atom. The second-order valence-corrected chi connectivity index (χ2v) is 12.7. The highest BCUT2D eigenvalue weighted by Crippen LogP contribution is 2.29. The second-order valence-electron chi connectivity index (χ2n) is 10.3. The van der Waals surface area contributed by atoms with Gasteiger partial charge in [0.05, 0.1) is 0 Å². The van der Waals surface area contributed by atoms with Crippen LogP contribution in [-0.2, 0) is 6.54 Å². The smallest absolute Gasteiger partial charge is 0.0491 e. The lowest BCUT2D eigenvalue weighted by Crippen LogP contribution is -1.97. The zero-order chi connectivity index (χ0) is 28.7. The van der Waals surface area contributed by atoms with Gasteiger partial charge >= 0.3 is 0 Å². The molecule has 5 heteroatoms. The summed E-state index contributed by atoms with van der Waals surface area (Å²) in [5, 5.41) is 8.82. The van der Waals surface area contributed by atoms with Crippen LogP contribution in [-0.4, -0.2) is 25.5 Å². The molecule has 1 N–H and O–H groups in total. The maximum absolute atomic E-state index is 3.50. The molecule has 2 nitrogen and oxygen atoms in total. The van der Waals surface area contributed by atoms with Crippen molar-refractivity contribution in [3.05, 3.63) is 97.1 Å². The number of fused-ring (bicyclic) bond motifs is 6. The molecule has 41 heavy (non-hydrogen) atoms. The van der Waals surface area contributed by atoms with Gasteiger partial charge in [-0.3, -0.25) is 0 Å². The molecule has 0 unspecified atom stereocenters. The highest BCUT2D eigenvalue weighted by Gasteiger charge is 2.08. The number of benzene rings is 4. The Balaban J connectivity index is 0.000000158. The minimum absolute atomic E-state index is 1.12. The van der Waals surface area contributed by atoms with Crippen LogP contribution in [0, 0.1) is 0 Å². The number of nitrogens with zero attached hydrogens (tertiary/aromatic N) is 1. The molecule has 216 valence electrons. The number of unbranched alkanes of at least 4 members (excludes halogenated alkanes) is 6. The number of hydrogen-bond acceptors (Lipinski definition) is 0. The van der Waals surface area contributed by atoms with Gasteiger partial charge in [-0.1, -0.05) is 146 Å². The van der Waals surface area contributed by atoms with E-state index in [-0.39, 0.29) is 0 Å². The molecule has 0 aliphatic heterocycles. The first kappa shape index (κ1) is 31.8. The molecule has 6 rings (SSSR count).